The number of nitro benzene ring substituents is 1. The summed E-state index contributed by atoms with van der Waals surface area (Å²) in [5.41, 5.74) is -0.509. The normalized spacial score (nSPS) is 8.69. The Bertz CT molecular complexity index is 390. The first kappa shape index (κ1) is 13.9. The van der Waals surface area contributed by atoms with Crippen LogP contribution in [0.1, 0.15) is 20.8 Å². The Kier molecular flexibility index (Phi) is 5.55. The van der Waals surface area contributed by atoms with Gasteiger partial charge in [-0.1, -0.05) is 19.9 Å². The standard InChI is InChI=1S/C8H8N2O4.C2H6/c1-5(11)9-8-6(10(13)14)3-2-4-7(8)12;1-2/h2-4,12H,1H3,(H,9,11);1-2H3. The molecule has 0 bridgehead atoms. The number of nitrogens with zero attached hydrogens (tertiary/aromatic N) is 1. The fourth-order valence-corrected chi connectivity index (χ4v) is 0.985. The van der Waals surface area contributed by atoms with E-state index < -0.39 is 10.8 Å². The molecule has 1 aromatic carbocycles. The summed E-state index contributed by atoms with van der Waals surface area (Å²) in [7, 11) is 0. The lowest BCUT2D eigenvalue weighted by Gasteiger charge is -2.04. The van der Waals surface area contributed by atoms with Gasteiger partial charge in [0.05, 0.1) is 4.92 Å². The number of benzene rings is 1. The molecule has 0 aliphatic carbocycles. The number of carbonyl (C=O) groups excluding carboxylic acids is 1. The van der Waals surface area contributed by atoms with Crippen LogP contribution in [-0.2, 0) is 4.79 Å². The Balaban J connectivity index is 0.00000106. The van der Waals surface area contributed by atoms with E-state index in [-0.39, 0.29) is 17.1 Å². The van der Waals surface area contributed by atoms with Crippen molar-refractivity contribution in [3.05, 3.63) is 28.3 Å². The van der Waals surface area contributed by atoms with Gasteiger partial charge in [-0.25, -0.2) is 0 Å². The molecule has 0 spiro atoms. The Hall–Kier alpha value is -2.11. The van der Waals surface area contributed by atoms with Gasteiger partial charge in [-0.05, 0) is 6.07 Å². The summed E-state index contributed by atoms with van der Waals surface area (Å²) in [6.45, 7) is 5.20. The maximum atomic E-state index is 10.7. The maximum absolute atomic E-state index is 10.7. The summed E-state index contributed by atoms with van der Waals surface area (Å²) < 4.78 is 0. The molecule has 0 heterocycles. The van der Waals surface area contributed by atoms with Crippen LogP contribution in [-0.4, -0.2) is 15.9 Å². The molecule has 1 rings (SSSR count). The van der Waals surface area contributed by atoms with E-state index in [1.165, 1.54) is 25.1 Å². The molecule has 6 heteroatoms. The minimum absolute atomic E-state index is 0.176. The molecule has 1 aromatic rings. The van der Waals surface area contributed by atoms with E-state index in [1.54, 1.807) is 0 Å². The van der Waals surface area contributed by atoms with Crippen molar-refractivity contribution >= 4 is 17.3 Å². The topological polar surface area (TPSA) is 92.5 Å². The predicted molar refractivity (Wildman–Crippen MR) is 60.4 cm³/mol. The van der Waals surface area contributed by atoms with E-state index in [1.807, 2.05) is 13.8 Å². The molecule has 0 unspecified atom stereocenters. The third-order valence-electron chi connectivity index (χ3n) is 1.52. The molecule has 6 nitrogen and oxygen atoms in total. The van der Waals surface area contributed by atoms with Crippen molar-refractivity contribution < 1.29 is 14.8 Å². The zero-order valence-electron chi connectivity index (χ0n) is 9.35. The minimum atomic E-state index is -0.676. The number of amides is 1. The smallest absolute Gasteiger partial charge is 0.296 e. The molecule has 0 radical (unpaired) electrons. The number of hydrogen-bond donors (Lipinski definition) is 2. The highest BCUT2D eigenvalue weighted by Gasteiger charge is 2.17. The summed E-state index contributed by atoms with van der Waals surface area (Å²) in [4.78, 5) is 20.5. The zero-order chi connectivity index (χ0) is 12.7. The molecule has 0 atom stereocenters. The first-order chi connectivity index (χ1) is 7.52. The molecule has 2 N–H and O–H groups in total. The summed E-state index contributed by atoms with van der Waals surface area (Å²) >= 11 is 0. The van der Waals surface area contributed by atoms with Crippen LogP contribution >= 0.6 is 0 Å². The van der Waals surface area contributed by atoms with Crippen molar-refractivity contribution in [3.63, 3.8) is 0 Å². The molecular weight excluding hydrogens is 212 g/mol. The maximum Gasteiger partial charge on any atom is 0.296 e. The highest BCUT2D eigenvalue weighted by atomic mass is 16.6. The van der Waals surface area contributed by atoms with E-state index in [0.717, 1.165) is 0 Å². The number of aromatic hydroxyl groups is 1. The van der Waals surface area contributed by atoms with Gasteiger partial charge < -0.3 is 10.4 Å². The number of phenolic OH excluding ortho intramolecular Hbond substituents is 1. The Morgan fingerprint density at radius 3 is 2.44 bits per heavy atom. The molecule has 0 fully saturated rings. The Labute approximate surface area is 93.1 Å². The van der Waals surface area contributed by atoms with Crippen LogP contribution in [0.2, 0.25) is 0 Å². The molecule has 1 amide bonds. The first-order valence-corrected chi connectivity index (χ1v) is 4.76. The number of anilines is 1. The SMILES string of the molecule is CC.CC(=O)Nc1c(O)cccc1[N+](=O)[O-]. The summed E-state index contributed by atoms with van der Waals surface area (Å²) in [5.74, 6) is -0.802. The number of hydrogen-bond acceptors (Lipinski definition) is 4. The van der Waals surface area contributed by atoms with E-state index >= 15 is 0 Å². The van der Waals surface area contributed by atoms with Crippen molar-refractivity contribution in [2.24, 2.45) is 0 Å². The molecular formula is C10H14N2O4. The van der Waals surface area contributed by atoms with Crippen LogP contribution in [0.3, 0.4) is 0 Å². The zero-order valence-corrected chi connectivity index (χ0v) is 9.35. The van der Waals surface area contributed by atoms with Gasteiger partial charge in [0.2, 0.25) is 5.91 Å². The van der Waals surface area contributed by atoms with Crippen LogP contribution < -0.4 is 5.32 Å². The summed E-state index contributed by atoms with van der Waals surface area (Å²) in [6, 6.07) is 3.79. The van der Waals surface area contributed by atoms with Crippen LogP contribution in [0.5, 0.6) is 5.75 Å². The number of carbonyl (C=O) groups is 1. The van der Waals surface area contributed by atoms with Gasteiger partial charge >= 0.3 is 0 Å². The van der Waals surface area contributed by atoms with Gasteiger partial charge in [-0.3, -0.25) is 14.9 Å². The van der Waals surface area contributed by atoms with Gasteiger partial charge in [0.25, 0.3) is 5.69 Å². The largest absolute Gasteiger partial charge is 0.505 e. The average Bonchev–Trinajstić information content (AvgIpc) is 2.23. The number of rotatable bonds is 2. The quantitative estimate of drug-likeness (QED) is 0.459. The fourth-order valence-electron chi connectivity index (χ4n) is 0.985. The van der Waals surface area contributed by atoms with Crippen LogP contribution in [0.25, 0.3) is 0 Å². The van der Waals surface area contributed by atoms with E-state index in [9.17, 15) is 20.0 Å². The third-order valence-corrected chi connectivity index (χ3v) is 1.52. The van der Waals surface area contributed by atoms with Crippen molar-refractivity contribution in [1.82, 2.24) is 0 Å². The number of nitro groups is 1. The molecule has 0 saturated heterocycles. The second-order valence-electron chi connectivity index (χ2n) is 2.61. The van der Waals surface area contributed by atoms with E-state index in [2.05, 4.69) is 5.32 Å². The lowest BCUT2D eigenvalue weighted by atomic mass is 10.2. The van der Waals surface area contributed by atoms with Gasteiger partial charge in [-0.2, -0.15) is 0 Å². The van der Waals surface area contributed by atoms with Crippen molar-refractivity contribution in [2.45, 2.75) is 20.8 Å². The fraction of sp³-hybridized carbons (Fsp3) is 0.300. The van der Waals surface area contributed by atoms with Gasteiger partial charge in [0.1, 0.15) is 5.75 Å². The van der Waals surface area contributed by atoms with Gasteiger partial charge in [-0.15, -0.1) is 0 Å². The minimum Gasteiger partial charge on any atom is -0.505 e. The van der Waals surface area contributed by atoms with E-state index in [4.69, 9.17) is 0 Å². The van der Waals surface area contributed by atoms with Gasteiger partial charge in [0, 0.05) is 13.0 Å². The Morgan fingerprint density at radius 1 is 1.44 bits per heavy atom. The van der Waals surface area contributed by atoms with E-state index in [0.29, 0.717) is 0 Å². The van der Waals surface area contributed by atoms with Gasteiger partial charge in [0.15, 0.2) is 5.69 Å². The highest BCUT2D eigenvalue weighted by molar-refractivity contribution is 5.93. The average molecular weight is 226 g/mol. The van der Waals surface area contributed by atoms with Crippen molar-refractivity contribution in [1.29, 1.82) is 0 Å². The first-order valence-electron chi connectivity index (χ1n) is 4.76. The van der Waals surface area contributed by atoms with Crippen LogP contribution in [0.15, 0.2) is 18.2 Å². The lowest BCUT2D eigenvalue weighted by molar-refractivity contribution is -0.384. The monoisotopic (exact) mass is 226 g/mol. The number of nitrogens with one attached hydrogen (secondary N) is 1. The molecule has 88 valence electrons. The highest BCUT2D eigenvalue weighted by Crippen LogP contribution is 2.32. The second-order valence-corrected chi connectivity index (χ2v) is 2.61. The predicted octanol–water partition coefficient (Wildman–Crippen LogP) is 2.29. The lowest BCUT2D eigenvalue weighted by Crippen LogP contribution is -2.08. The number of phenols is 1. The van der Waals surface area contributed by atoms with Crippen LogP contribution in [0, 0.1) is 10.1 Å². The van der Waals surface area contributed by atoms with Crippen molar-refractivity contribution in [2.75, 3.05) is 5.32 Å². The summed E-state index contributed by atoms with van der Waals surface area (Å²) in [5, 5.41) is 22.0. The molecule has 0 saturated carbocycles. The molecule has 16 heavy (non-hydrogen) atoms. The Morgan fingerprint density at radius 2 is 2.00 bits per heavy atom. The summed E-state index contributed by atoms with van der Waals surface area (Å²) in [6.07, 6.45) is 0. The molecule has 0 aliphatic heterocycles. The third kappa shape index (κ3) is 3.56. The van der Waals surface area contributed by atoms with Crippen LogP contribution in [0.4, 0.5) is 11.4 Å². The molecule has 0 aliphatic rings. The number of para-hydroxylation sites is 1. The second kappa shape index (κ2) is 6.39. The molecule has 0 aromatic heterocycles. The van der Waals surface area contributed by atoms with Crippen molar-refractivity contribution in [3.8, 4) is 5.75 Å².